The summed E-state index contributed by atoms with van der Waals surface area (Å²) < 4.78 is 14.9. The van der Waals surface area contributed by atoms with Crippen LogP contribution in [0.5, 0.6) is 11.5 Å². The Kier molecular flexibility index (Phi) is 8.31. The van der Waals surface area contributed by atoms with Gasteiger partial charge in [0.15, 0.2) is 17.2 Å². The quantitative estimate of drug-likeness (QED) is 0.394. The molecule has 10 nitrogen and oxygen atoms in total. The van der Waals surface area contributed by atoms with Gasteiger partial charge in [-0.1, -0.05) is 23.8 Å². The Morgan fingerprint density at radius 3 is 2.21 bits per heavy atom. The van der Waals surface area contributed by atoms with Crippen molar-refractivity contribution in [1.82, 2.24) is 9.69 Å². The largest absolute Gasteiger partial charge is 0.493 e. The van der Waals surface area contributed by atoms with Crippen molar-refractivity contribution < 1.29 is 23.9 Å². The SMILES string of the molecule is COc1ccc(C(C(=O)NC(C)(C)C)N(C(=O)c2snc(C(N)=O)c2N)c2ccc(C)cc2C)cc1OC. The van der Waals surface area contributed by atoms with Crippen LogP contribution in [0.2, 0.25) is 0 Å². The molecule has 3 amide bonds. The molecule has 0 aliphatic carbocycles. The number of hydrogen-bond donors (Lipinski definition) is 3. The van der Waals surface area contributed by atoms with Crippen molar-refractivity contribution in [1.29, 1.82) is 0 Å². The predicted molar refractivity (Wildman–Crippen MR) is 148 cm³/mol. The molecule has 1 unspecified atom stereocenters. The number of methoxy groups -OCH3 is 2. The molecule has 1 heterocycles. The first-order valence-electron chi connectivity index (χ1n) is 11.8. The van der Waals surface area contributed by atoms with E-state index >= 15 is 0 Å². The summed E-state index contributed by atoms with van der Waals surface area (Å²) in [6.07, 6.45) is 0. The Balaban J connectivity index is 2.33. The molecular formula is C27H33N5O5S. The number of rotatable bonds is 8. The molecule has 38 heavy (non-hydrogen) atoms. The zero-order chi connectivity index (χ0) is 28.4. The maximum absolute atomic E-state index is 14.2. The van der Waals surface area contributed by atoms with E-state index in [0.29, 0.717) is 22.7 Å². The number of nitrogen functional groups attached to an aromatic ring is 1. The van der Waals surface area contributed by atoms with Crippen molar-refractivity contribution in [2.75, 3.05) is 24.9 Å². The summed E-state index contributed by atoms with van der Waals surface area (Å²) in [6, 6.07) is 9.40. The number of nitrogens with one attached hydrogen (secondary N) is 1. The molecule has 11 heteroatoms. The molecule has 0 saturated carbocycles. The first-order valence-corrected chi connectivity index (χ1v) is 12.6. The minimum Gasteiger partial charge on any atom is -0.493 e. The summed E-state index contributed by atoms with van der Waals surface area (Å²) in [6.45, 7) is 9.32. The normalized spacial score (nSPS) is 12.0. The molecule has 3 rings (SSSR count). The maximum atomic E-state index is 14.2. The van der Waals surface area contributed by atoms with Crippen molar-refractivity contribution >= 4 is 40.6 Å². The van der Waals surface area contributed by atoms with E-state index in [9.17, 15) is 14.4 Å². The fourth-order valence-corrected chi connectivity index (χ4v) is 4.80. The van der Waals surface area contributed by atoms with Crippen molar-refractivity contribution in [3.05, 3.63) is 63.7 Å². The topological polar surface area (TPSA) is 150 Å². The van der Waals surface area contributed by atoms with Crippen LogP contribution in [0.3, 0.4) is 0 Å². The lowest BCUT2D eigenvalue weighted by molar-refractivity contribution is -0.123. The van der Waals surface area contributed by atoms with Gasteiger partial charge in [-0.2, -0.15) is 4.37 Å². The average Bonchev–Trinajstić information content (AvgIpc) is 3.22. The third-order valence-corrected chi connectivity index (χ3v) is 6.57. The van der Waals surface area contributed by atoms with E-state index < -0.39 is 29.3 Å². The third kappa shape index (κ3) is 5.88. The highest BCUT2D eigenvalue weighted by Gasteiger charge is 2.38. The van der Waals surface area contributed by atoms with Crippen LogP contribution in [0, 0.1) is 13.8 Å². The molecule has 5 N–H and O–H groups in total. The summed E-state index contributed by atoms with van der Waals surface area (Å²) >= 11 is 0.752. The summed E-state index contributed by atoms with van der Waals surface area (Å²) in [5.74, 6) is -1.04. The number of anilines is 2. The van der Waals surface area contributed by atoms with Gasteiger partial charge >= 0.3 is 0 Å². The lowest BCUT2D eigenvalue weighted by Gasteiger charge is -2.34. The summed E-state index contributed by atoms with van der Waals surface area (Å²) in [7, 11) is 3.00. The molecule has 0 fully saturated rings. The van der Waals surface area contributed by atoms with E-state index in [4.69, 9.17) is 20.9 Å². The van der Waals surface area contributed by atoms with E-state index in [-0.39, 0.29) is 16.3 Å². The lowest BCUT2D eigenvalue weighted by Crippen LogP contribution is -2.49. The number of carbonyl (C=O) groups is 3. The number of benzene rings is 2. The van der Waals surface area contributed by atoms with E-state index in [1.165, 1.54) is 19.1 Å². The van der Waals surface area contributed by atoms with Crippen molar-refractivity contribution in [2.45, 2.75) is 46.2 Å². The Morgan fingerprint density at radius 1 is 1.03 bits per heavy atom. The van der Waals surface area contributed by atoms with Crippen LogP contribution in [-0.4, -0.2) is 41.9 Å². The van der Waals surface area contributed by atoms with E-state index in [2.05, 4.69) is 9.69 Å². The monoisotopic (exact) mass is 539 g/mol. The molecule has 0 radical (unpaired) electrons. The number of nitrogens with zero attached hydrogens (tertiary/aromatic N) is 2. The molecular weight excluding hydrogens is 506 g/mol. The molecule has 1 aromatic heterocycles. The van der Waals surface area contributed by atoms with Gasteiger partial charge in [-0.15, -0.1) is 0 Å². The minimum absolute atomic E-state index is 0.00666. The van der Waals surface area contributed by atoms with Gasteiger partial charge in [0.25, 0.3) is 11.8 Å². The number of ether oxygens (including phenoxy) is 2. The molecule has 0 saturated heterocycles. The van der Waals surface area contributed by atoms with Gasteiger partial charge in [0.1, 0.15) is 10.9 Å². The number of hydrogen-bond acceptors (Lipinski definition) is 8. The van der Waals surface area contributed by atoms with Crippen LogP contribution >= 0.6 is 11.5 Å². The Hall–Kier alpha value is -4.12. The van der Waals surface area contributed by atoms with Gasteiger partial charge in [-0.05, 0) is 75.5 Å². The number of primary amides is 1. The molecule has 0 aliphatic heterocycles. The fourth-order valence-electron chi connectivity index (χ4n) is 4.06. The van der Waals surface area contributed by atoms with Crippen LogP contribution in [0.4, 0.5) is 11.4 Å². The molecule has 0 bridgehead atoms. The predicted octanol–water partition coefficient (Wildman–Crippen LogP) is 3.76. The molecule has 1 atom stereocenters. The second-order valence-corrected chi connectivity index (χ2v) is 10.6. The summed E-state index contributed by atoms with van der Waals surface area (Å²) in [5.41, 5.74) is 13.3. The van der Waals surface area contributed by atoms with Crippen LogP contribution in [0.1, 0.15) is 63.7 Å². The van der Waals surface area contributed by atoms with Gasteiger partial charge in [-0.3, -0.25) is 19.3 Å². The minimum atomic E-state index is -1.15. The Morgan fingerprint density at radius 2 is 1.68 bits per heavy atom. The standard InChI is InChI=1S/C27H33N5O5S/c1-14-8-10-17(15(2)12-14)32(26(35)23-20(28)21(24(29)33)31-38-23)22(25(34)30-27(3,4)5)16-9-11-18(36-6)19(13-16)37-7/h8-13,22H,28H2,1-7H3,(H2,29,33)(H,30,34). The van der Waals surface area contributed by atoms with Crippen molar-refractivity contribution in [3.63, 3.8) is 0 Å². The number of carbonyl (C=O) groups excluding carboxylic acids is 3. The number of aromatic nitrogens is 1. The van der Waals surface area contributed by atoms with Gasteiger partial charge in [0, 0.05) is 11.2 Å². The first-order chi connectivity index (χ1) is 17.8. The van der Waals surface area contributed by atoms with E-state index in [1.54, 1.807) is 24.3 Å². The second kappa shape index (κ2) is 11.1. The maximum Gasteiger partial charge on any atom is 0.273 e. The lowest BCUT2D eigenvalue weighted by atomic mass is 9.98. The zero-order valence-corrected chi connectivity index (χ0v) is 23.4. The van der Waals surface area contributed by atoms with E-state index in [0.717, 1.165) is 22.7 Å². The highest BCUT2D eigenvalue weighted by molar-refractivity contribution is 7.09. The Labute approximate surface area is 226 Å². The van der Waals surface area contributed by atoms with Gasteiger partial charge in [0.2, 0.25) is 5.91 Å². The van der Waals surface area contributed by atoms with Crippen molar-refractivity contribution in [2.24, 2.45) is 5.73 Å². The molecule has 3 aromatic rings. The molecule has 2 aromatic carbocycles. The van der Waals surface area contributed by atoms with Crippen LogP contribution in [-0.2, 0) is 4.79 Å². The molecule has 0 spiro atoms. The van der Waals surface area contributed by atoms with Crippen LogP contribution < -0.4 is 31.2 Å². The van der Waals surface area contributed by atoms with Crippen molar-refractivity contribution in [3.8, 4) is 11.5 Å². The third-order valence-electron chi connectivity index (χ3n) is 5.71. The van der Waals surface area contributed by atoms with Gasteiger partial charge < -0.3 is 26.3 Å². The average molecular weight is 540 g/mol. The fraction of sp³-hybridized carbons (Fsp3) is 0.333. The summed E-state index contributed by atoms with van der Waals surface area (Å²) in [5, 5.41) is 2.99. The second-order valence-electron chi connectivity index (χ2n) is 9.86. The smallest absolute Gasteiger partial charge is 0.273 e. The molecule has 202 valence electrons. The molecule has 0 aliphatic rings. The van der Waals surface area contributed by atoms with Crippen LogP contribution in [0.25, 0.3) is 0 Å². The van der Waals surface area contributed by atoms with E-state index in [1.807, 2.05) is 46.8 Å². The number of nitrogens with two attached hydrogens (primary N) is 2. The Bertz CT molecular complexity index is 1380. The van der Waals surface area contributed by atoms with Crippen LogP contribution in [0.15, 0.2) is 36.4 Å². The van der Waals surface area contributed by atoms with Gasteiger partial charge in [-0.25, -0.2) is 0 Å². The van der Waals surface area contributed by atoms with Gasteiger partial charge in [0.05, 0.1) is 19.9 Å². The highest BCUT2D eigenvalue weighted by Crippen LogP contribution is 2.38. The number of amides is 3. The highest BCUT2D eigenvalue weighted by atomic mass is 32.1. The zero-order valence-electron chi connectivity index (χ0n) is 22.5. The first kappa shape index (κ1) is 28.5. The number of aryl methyl sites for hydroxylation is 2. The summed E-state index contributed by atoms with van der Waals surface area (Å²) in [4.78, 5) is 41.3.